The highest BCUT2D eigenvalue weighted by molar-refractivity contribution is 7.89. The van der Waals surface area contributed by atoms with E-state index in [-0.39, 0.29) is 29.8 Å². The van der Waals surface area contributed by atoms with Crippen LogP contribution in [0.3, 0.4) is 0 Å². The number of rotatable bonds is 8. The van der Waals surface area contributed by atoms with E-state index in [2.05, 4.69) is 10.6 Å². The van der Waals surface area contributed by atoms with Crippen molar-refractivity contribution in [3.63, 3.8) is 0 Å². The molecule has 0 saturated carbocycles. The number of amides is 2. The van der Waals surface area contributed by atoms with Crippen LogP contribution in [-0.4, -0.2) is 58.8 Å². The lowest BCUT2D eigenvalue weighted by Gasteiger charge is -2.14. The van der Waals surface area contributed by atoms with Gasteiger partial charge in [-0.25, -0.2) is 12.7 Å². The second-order valence-electron chi connectivity index (χ2n) is 7.08. The van der Waals surface area contributed by atoms with Gasteiger partial charge in [0, 0.05) is 25.5 Å². The highest BCUT2D eigenvalue weighted by Crippen LogP contribution is 2.16. The van der Waals surface area contributed by atoms with E-state index in [1.807, 2.05) is 31.2 Å². The summed E-state index contributed by atoms with van der Waals surface area (Å²) < 4.78 is 25.2. The Kier molecular flexibility index (Phi) is 7.49. The molecule has 2 aromatic carbocycles. The summed E-state index contributed by atoms with van der Waals surface area (Å²) in [6.45, 7) is 2.21. The molecule has 0 bridgehead atoms. The molecule has 29 heavy (non-hydrogen) atoms. The minimum atomic E-state index is -3.51. The van der Waals surface area contributed by atoms with Crippen molar-refractivity contribution in [1.82, 2.24) is 4.31 Å². The molecule has 0 aromatic heterocycles. The summed E-state index contributed by atoms with van der Waals surface area (Å²) in [7, 11) is 1.15. The fraction of sp³-hybridized carbons (Fsp3) is 0.300. The Morgan fingerprint density at radius 1 is 0.862 bits per heavy atom. The van der Waals surface area contributed by atoms with E-state index in [9.17, 15) is 18.0 Å². The van der Waals surface area contributed by atoms with Crippen LogP contribution in [0.5, 0.6) is 0 Å². The number of likely N-dealkylation sites (N-methyl/N-ethyl adjacent to an activating group) is 1. The van der Waals surface area contributed by atoms with Crippen LogP contribution >= 0.6 is 0 Å². The lowest BCUT2D eigenvalue weighted by molar-refractivity contribution is -0.862. The van der Waals surface area contributed by atoms with Crippen LogP contribution in [0.1, 0.15) is 5.56 Å². The molecule has 2 amide bonds. The second-order valence-corrected chi connectivity index (χ2v) is 9.24. The van der Waals surface area contributed by atoms with Crippen LogP contribution < -0.4 is 15.5 Å². The third-order valence-electron chi connectivity index (χ3n) is 4.18. The van der Waals surface area contributed by atoms with E-state index in [0.29, 0.717) is 11.4 Å². The van der Waals surface area contributed by atoms with Crippen molar-refractivity contribution in [3.8, 4) is 0 Å². The monoisotopic (exact) mass is 419 g/mol. The third kappa shape index (κ3) is 6.67. The number of nitrogens with one attached hydrogen (secondary N) is 3. The second kappa shape index (κ2) is 9.64. The van der Waals surface area contributed by atoms with Crippen molar-refractivity contribution >= 4 is 33.2 Å². The molecule has 1 unspecified atom stereocenters. The van der Waals surface area contributed by atoms with Gasteiger partial charge in [-0.15, -0.1) is 0 Å². The number of benzene rings is 2. The highest BCUT2D eigenvalue weighted by atomic mass is 32.2. The van der Waals surface area contributed by atoms with Gasteiger partial charge in [0.15, 0.2) is 13.1 Å². The molecule has 2 rings (SSSR count). The first-order valence-corrected chi connectivity index (χ1v) is 10.5. The average molecular weight is 420 g/mol. The van der Waals surface area contributed by atoms with Gasteiger partial charge >= 0.3 is 0 Å². The zero-order valence-electron chi connectivity index (χ0n) is 17.0. The van der Waals surface area contributed by atoms with Gasteiger partial charge in [0.05, 0.1) is 11.9 Å². The van der Waals surface area contributed by atoms with Crippen LogP contribution in [0, 0.1) is 6.92 Å². The summed E-state index contributed by atoms with van der Waals surface area (Å²) in [6, 6.07) is 13.4. The Morgan fingerprint density at radius 3 is 1.69 bits per heavy atom. The van der Waals surface area contributed by atoms with E-state index >= 15 is 0 Å². The Balaban J connectivity index is 1.85. The van der Waals surface area contributed by atoms with Crippen LogP contribution in [0.15, 0.2) is 53.4 Å². The van der Waals surface area contributed by atoms with Crippen LogP contribution in [0.2, 0.25) is 0 Å². The van der Waals surface area contributed by atoms with E-state index in [1.54, 1.807) is 7.05 Å². The summed E-state index contributed by atoms with van der Waals surface area (Å²) in [4.78, 5) is 25.2. The lowest BCUT2D eigenvalue weighted by Crippen LogP contribution is -3.11. The molecule has 0 spiro atoms. The summed E-state index contributed by atoms with van der Waals surface area (Å²) in [5.74, 6) is -0.453. The molecular formula is C20H27N4O4S+. The van der Waals surface area contributed by atoms with E-state index in [4.69, 9.17) is 0 Å². The number of carbonyl (C=O) groups is 2. The molecule has 0 aliphatic carbocycles. The molecule has 3 N–H and O–H groups in total. The van der Waals surface area contributed by atoms with Crippen molar-refractivity contribution < 1.29 is 22.9 Å². The number of hydrogen-bond donors (Lipinski definition) is 3. The topological polar surface area (TPSA) is 100 Å². The van der Waals surface area contributed by atoms with Crippen LogP contribution in [0.25, 0.3) is 0 Å². The summed E-state index contributed by atoms with van der Waals surface area (Å²) in [5, 5.41) is 5.51. The van der Waals surface area contributed by atoms with Gasteiger partial charge in [0.25, 0.3) is 11.8 Å². The quantitative estimate of drug-likeness (QED) is 0.574. The molecule has 156 valence electrons. The predicted octanol–water partition coefficient (Wildman–Crippen LogP) is 0.337. The van der Waals surface area contributed by atoms with Crippen LogP contribution in [-0.2, 0) is 19.6 Å². The fourth-order valence-electron chi connectivity index (χ4n) is 2.58. The average Bonchev–Trinajstić information content (AvgIpc) is 2.63. The zero-order chi connectivity index (χ0) is 21.6. The molecule has 8 nitrogen and oxygen atoms in total. The Hall–Kier alpha value is -2.75. The van der Waals surface area contributed by atoms with Gasteiger partial charge < -0.3 is 15.5 Å². The largest absolute Gasteiger partial charge is 0.322 e. The van der Waals surface area contributed by atoms with Gasteiger partial charge in [-0.05, 0) is 43.3 Å². The molecule has 2 aromatic rings. The molecule has 0 radical (unpaired) electrons. The first-order valence-electron chi connectivity index (χ1n) is 9.08. The Morgan fingerprint density at radius 2 is 1.28 bits per heavy atom. The summed E-state index contributed by atoms with van der Waals surface area (Å²) >= 11 is 0. The number of carbonyl (C=O) groups excluding carboxylic acids is 2. The smallest absolute Gasteiger partial charge is 0.279 e. The van der Waals surface area contributed by atoms with E-state index in [0.717, 1.165) is 14.8 Å². The van der Waals surface area contributed by atoms with Gasteiger partial charge in [-0.2, -0.15) is 0 Å². The zero-order valence-corrected chi connectivity index (χ0v) is 17.8. The number of sulfonamides is 1. The number of nitrogens with zero attached hydrogens (tertiary/aromatic N) is 1. The maximum absolute atomic E-state index is 12.2. The van der Waals surface area contributed by atoms with E-state index < -0.39 is 10.0 Å². The molecule has 0 fully saturated rings. The lowest BCUT2D eigenvalue weighted by atomic mass is 10.2. The molecule has 0 saturated heterocycles. The normalized spacial score (nSPS) is 12.4. The van der Waals surface area contributed by atoms with Crippen molar-refractivity contribution in [2.24, 2.45) is 0 Å². The van der Waals surface area contributed by atoms with Crippen molar-refractivity contribution in [2.75, 3.05) is 44.9 Å². The number of aryl methyl sites for hydroxylation is 1. The molecule has 0 aliphatic rings. The Bertz CT molecular complexity index is 955. The van der Waals surface area contributed by atoms with Gasteiger partial charge in [-0.3, -0.25) is 9.59 Å². The number of anilines is 2. The van der Waals surface area contributed by atoms with Crippen molar-refractivity contribution in [1.29, 1.82) is 0 Å². The SMILES string of the molecule is Cc1ccc(NC(=O)C[NH+](C)CC(=O)Nc2ccc(S(=O)(=O)N(C)C)cc2)cc1. The van der Waals surface area contributed by atoms with Crippen molar-refractivity contribution in [3.05, 3.63) is 54.1 Å². The molecule has 0 heterocycles. The molecule has 1 atom stereocenters. The molecule has 9 heteroatoms. The fourth-order valence-corrected chi connectivity index (χ4v) is 3.48. The first kappa shape index (κ1) is 22.5. The maximum atomic E-state index is 12.2. The first-order chi connectivity index (χ1) is 13.6. The Labute approximate surface area is 171 Å². The molecular weight excluding hydrogens is 392 g/mol. The minimum absolute atomic E-state index is 0.0963. The number of quaternary nitrogens is 1. The van der Waals surface area contributed by atoms with Gasteiger partial charge in [0.2, 0.25) is 10.0 Å². The summed E-state index contributed by atoms with van der Waals surface area (Å²) in [6.07, 6.45) is 0. The predicted molar refractivity (Wildman–Crippen MR) is 112 cm³/mol. The summed E-state index contributed by atoms with van der Waals surface area (Å²) in [5.41, 5.74) is 2.31. The highest BCUT2D eigenvalue weighted by Gasteiger charge is 2.18. The third-order valence-corrected chi connectivity index (χ3v) is 6.01. The van der Waals surface area contributed by atoms with Gasteiger partial charge in [-0.1, -0.05) is 17.7 Å². The standard InChI is InChI=1S/C20H26N4O4S/c1-15-5-7-16(8-6-15)21-19(25)13-24(4)14-20(26)22-17-9-11-18(12-10-17)29(27,28)23(2)3/h5-12H,13-14H2,1-4H3,(H,21,25)(H,22,26)/p+1. The minimum Gasteiger partial charge on any atom is -0.322 e. The van der Waals surface area contributed by atoms with Gasteiger partial charge in [0.1, 0.15) is 0 Å². The van der Waals surface area contributed by atoms with Crippen LogP contribution in [0.4, 0.5) is 11.4 Å². The van der Waals surface area contributed by atoms with Crippen molar-refractivity contribution in [2.45, 2.75) is 11.8 Å². The van der Waals surface area contributed by atoms with E-state index in [1.165, 1.54) is 38.4 Å². The number of hydrogen-bond acceptors (Lipinski definition) is 4. The molecule has 0 aliphatic heterocycles. The maximum Gasteiger partial charge on any atom is 0.279 e.